The summed E-state index contributed by atoms with van der Waals surface area (Å²) >= 11 is 11.9. The van der Waals surface area contributed by atoms with Gasteiger partial charge in [-0.25, -0.2) is 4.39 Å². The fraction of sp³-hybridized carbons (Fsp3) is 0.350. The van der Waals surface area contributed by atoms with Crippen LogP contribution < -0.4 is 10.2 Å². The maximum absolute atomic E-state index is 13.8. The van der Waals surface area contributed by atoms with Crippen LogP contribution in [0.25, 0.3) is 0 Å². The fourth-order valence-electron chi connectivity index (χ4n) is 3.38. The first kappa shape index (κ1) is 19.2. The second-order valence-corrected chi connectivity index (χ2v) is 7.62. The van der Waals surface area contributed by atoms with Crippen LogP contribution in [0.3, 0.4) is 0 Å². The van der Waals surface area contributed by atoms with Gasteiger partial charge in [0.25, 0.3) is 0 Å². The Kier molecular flexibility index (Phi) is 6.52. The molecule has 1 saturated heterocycles. The van der Waals surface area contributed by atoms with Gasteiger partial charge in [-0.2, -0.15) is 0 Å². The number of hydrogen-bond donors (Lipinski definition) is 2. The van der Waals surface area contributed by atoms with E-state index < -0.39 is 5.82 Å². The Bertz CT molecular complexity index is 739. The highest BCUT2D eigenvalue weighted by Crippen LogP contribution is 2.19. The van der Waals surface area contributed by atoms with Gasteiger partial charge in [0.1, 0.15) is 12.4 Å². The number of likely N-dealkylation sites (tertiary alicyclic amines) is 1. The smallest absolute Gasteiger partial charge is 0.224 e. The SMILES string of the molecule is O=C(Cc1c(F)cccc1Cl)NC1CC[NH+](Cc2ccc(Cl)cc2)CC1. The third-order valence-corrected chi connectivity index (χ3v) is 5.43. The predicted molar refractivity (Wildman–Crippen MR) is 102 cm³/mol. The zero-order valence-electron chi connectivity index (χ0n) is 14.4. The van der Waals surface area contributed by atoms with Crippen molar-refractivity contribution >= 4 is 29.1 Å². The number of piperidine rings is 1. The molecule has 26 heavy (non-hydrogen) atoms. The van der Waals surface area contributed by atoms with Gasteiger partial charge in [-0.05, 0) is 24.3 Å². The Morgan fingerprint density at radius 1 is 1.12 bits per heavy atom. The summed E-state index contributed by atoms with van der Waals surface area (Å²) in [6, 6.07) is 12.6. The lowest BCUT2D eigenvalue weighted by Gasteiger charge is -2.30. The van der Waals surface area contributed by atoms with E-state index in [0.29, 0.717) is 5.02 Å². The normalized spacial score (nSPS) is 20.0. The molecule has 0 unspecified atom stereocenters. The Balaban J connectivity index is 1.46. The average molecular weight is 396 g/mol. The highest BCUT2D eigenvalue weighted by atomic mass is 35.5. The molecule has 0 bridgehead atoms. The molecular formula is C20H22Cl2FN2O+. The molecule has 1 aliphatic heterocycles. The molecule has 0 atom stereocenters. The van der Waals surface area contributed by atoms with E-state index in [2.05, 4.69) is 17.4 Å². The maximum Gasteiger partial charge on any atom is 0.224 e. The highest BCUT2D eigenvalue weighted by Gasteiger charge is 2.24. The first-order valence-corrected chi connectivity index (χ1v) is 9.57. The topological polar surface area (TPSA) is 33.5 Å². The van der Waals surface area contributed by atoms with E-state index >= 15 is 0 Å². The monoisotopic (exact) mass is 395 g/mol. The maximum atomic E-state index is 13.8. The van der Waals surface area contributed by atoms with Crippen molar-refractivity contribution in [3.8, 4) is 0 Å². The molecule has 3 rings (SSSR count). The Morgan fingerprint density at radius 2 is 1.81 bits per heavy atom. The number of quaternary nitrogens is 1. The lowest BCUT2D eigenvalue weighted by molar-refractivity contribution is -0.918. The second kappa shape index (κ2) is 8.85. The summed E-state index contributed by atoms with van der Waals surface area (Å²) in [6.45, 7) is 2.95. The molecule has 2 N–H and O–H groups in total. The summed E-state index contributed by atoms with van der Waals surface area (Å²) in [5.74, 6) is -0.613. The van der Waals surface area contributed by atoms with Crippen molar-refractivity contribution in [3.05, 3.63) is 69.5 Å². The summed E-state index contributed by atoms with van der Waals surface area (Å²) in [6.07, 6.45) is 1.81. The van der Waals surface area contributed by atoms with Crippen molar-refractivity contribution in [2.75, 3.05) is 13.1 Å². The molecule has 0 aromatic heterocycles. The Morgan fingerprint density at radius 3 is 2.46 bits per heavy atom. The van der Waals surface area contributed by atoms with Crippen LogP contribution in [0.1, 0.15) is 24.0 Å². The average Bonchev–Trinajstić information content (AvgIpc) is 2.62. The largest absolute Gasteiger partial charge is 0.353 e. The van der Waals surface area contributed by atoms with Crippen LogP contribution in [0.4, 0.5) is 4.39 Å². The molecular weight excluding hydrogens is 374 g/mol. The molecule has 1 aliphatic rings. The van der Waals surface area contributed by atoms with Gasteiger partial charge in [-0.3, -0.25) is 4.79 Å². The third kappa shape index (κ3) is 5.19. The molecule has 0 spiro atoms. The number of halogens is 3. The third-order valence-electron chi connectivity index (χ3n) is 4.82. The van der Waals surface area contributed by atoms with Crippen molar-refractivity contribution in [3.63, 3.8) is 0 Å². The summed E-state index contributed by atoms with van der Waals surface area (Å²) in [4.78, 5) is 13.7. The number of hydrogen-bond acceptors (Lipinski definition) is 1. The van der Waals surface area contributed by atoms with Crippen LogP contribution in [-0.4, -0.2) is 25.0 Å². The number of carbonyl (C=O) groups excluding carboxylic acids is 1. The van der Waals surface area contributed by atoms with E-state index in [1.54, 1.807) is 6.07 Å². The number of carbonyl (C=O) groups is 1. The molecule has 2 aromatic rings. The zero-order chi connectivity index (χ0) is 18.5. The Hall–Kier alpha value is -1.62. The molecule has 6 heteroatoms. The molecule has 3 nitrogen and oxygen atoms in total. The molecule has 0 saturated carbocycles. The lowest BCUT2D eigenvalue weighted by atomic mass is 10.0. The first-order chi connectivity index (χ1) is 12.5. The summed E-state index contributed by atoms with van der Waals surface area (Å²) < 4.78 is 13.8. The van der Waals surface area contributed by atoms with Gasteiger partial charge in [-0.1, -0.05) is 41.4 Å². The van der Waals surface area contributed by atoms with E-state index in [1.165, 1.54) is 22.6 Å². The summed E-state index contributed by atoms with van der Waals surface area (Å²) in [5, 5.41) is 4.06. The van der Waals surface area contributed by atoms with Gasteiger partial charge in [-0.15, -0.1) is 0 Å². The second-order valence-electron chi connectivity index (χ2n) is 6.77. The van der Waals surface area contributed by atoms with Gasteiger partial charge >= 0.3 is 0 Å². The molecule has 138 valence electrons. The zero-order valence-corrected chi connectivity index (χ0v) is 15.9. The van der Waals surface area contributed by atoms with Gasteiger partial charge < -0.3 is 10.2 Å². The molecule has 1 heterocycles. The number of rotatable bonds is 5. The van der Waals surface area contributed by atoms with E-state index in [0.717, 1.165) is 37.5 Å². The van der Waals surface area contributed by atoms with Crippen LogP contribution >= 0.6 is 23.2 Å². The summed E-state index contributed by atoms with van der Waals surface area (Å²) in [5.41, 5.74) is 1.53. The van der Waals surface area contributed by atoms with Gasteiger partial charge in [0.05, 0.1) is 19.5 Å². The van der Waals surface area contributed by atoms with Gasteiger partial charge in [0, 0.05) is 40.1 Å². The van der Waals surface area contributed by atoms with E-state index in [1.807, 2.05) is 12.1 Å². The van der Waals surface area contributed by atoms with E-state index in [9.17, 15) is 9.18 Å². The number of benzene rings is 2. The standard InChI is InChI=1S/C20H21Cl2FN2O/c21-15-6-4-14(5-7-15)13-25-10-8-16(9-11-25)24-20(26)12-17-18(22)2-1-3-19(17)23/h1-7,16H,8-13H2,(H,24,26)/p+1. The predicted octanol–water partition coefficient (Wildman–Crippen LogP) is 3.04. The van der Waals surface area contributed by atoms with Gasteiger partial charge in [0.2, 0.25) is 5.91 Å². The minimum atomic E-state index is -0.435. The van der Waals surface area contributed by atoms with Crippen molar-refractivity contribution < 1.29 is 14.1 Å². The van der Waals surface area contributed by atoms with Crippen LogP contribution in [-0.2, 0) is 17.8 Å². The number of nitrogens with one attached hydrogen (secondary N) is 2. The molecule has 2 aromatic carbocycles. The van der Waals surface area contributed by atoms with Crippen LogP contribution in [0, 0.1) is 5.82 Å². The van der Waals surface area contributed by atoms with Crippen LogP contribution in [0.15, 0.2) is 42.5 Å². The lowest BCUT2D eigenvalue weighted by Crippen LogP contribution is -3.12. The van der Waals surface area contributed by atoms with E-state index in [4.69, 9.17) is 23.2 Å². The van der Waals surface area contributed by atoms with Crippen molar-refractivity contribution in [2.24, 2.45) is 0 Å². The van der Waals surface area contributed by atoms with Crippen molar-refractivity contribution in [1.29, 1.82) is 0 Å². The minimum Gasteiger partial charge on any atom is -0.353 e. The van der Waals surface area contributed by atoms with Crippen molar-refractivity contribution in [2.45, 2.75) is 31.8 Å². The molecule has 0 aliphatic carbocycles. The highest BCUT2D eigenvalue weighted by molar-refractivity contribution is 6.31. The molecule has 0 radical (unpaired) electrons. The van der Waals surface area contributed by atoms with E-state index in [-0.39, 0.29) is 23.9 Å². The van der Waals surface area contributed by atoms with Crippen LogP contribution in [0.2, 0.25) is 10.0 Å². The number of amides is 1. The fourth-order valence-corrected chi connectivity index (χ4v) is 3.73. The van der Waals surface area contributed by atoms with Gasteiger partial charge in [0.15, 0.2) is 0 Å². The molecule has 1 amide bonds. The quantitative estimate of drug-likeness (QED) is 0.801. The first-order valence-electron chi connectivity index (χ1n) is 8.81. The minimum absolute atomic E-state index is 0.0245. The Labute approximate surface area is 163 Å². The van der Waals surface area contributed by atoms with Crippen molar-refractivity contribution in [1.82, 2.24) is 5.32 Å². The molecule has 1 fully saturated rings. The summed E-state index contributed by atoms with van der Waals surface area (Å²) in [7, 11) is 0. The van der Waals surface area contributed by atoms with Crippen LogP contribution in [0.5, 0.6) is 0 Å².